The summed E-state index contributed by atoms with van der Waals surface area (Å²) in [6.45, 7) is 5.45. The van der Waals surface area contributed by atoms with Gasteiger partial charge in [-0.3, -0.25) is 4.79 Å². The molecule has 0 bridgehead atoms. The van der Waals surface area contributed by atoms with Crippen LogP contribution in [0.2, 0.25) is 0 Å². The molecule has 7 heteroatoms. The molecule has 0 unspecified atom stereocenters. The highest BCUT2D eigenvalue weighted by molar-refractivity contribution is 7.89. The van der Waals surface area contributed by atoms with Crippen LogP contribution in [-0.4, -0.2) is 34.0 Å². The first kappa shape index (κ1) is 19.4. The van der Waals surface area contributed by atoms with Gasteiger partial charge in [-0.15, -0.1) is 0 Å². The van der Waals surface area contributed by atoms with Gasteiger partial charge in [0.15, 0.2) is 0 Å². The minimum absolute atomic E-state index is 0.191. The van der Waals surface area contributed by atoms with Gasteiger partial charge in [-0.25, -0.2) is 13.1 Å². The molecule has 0 aromatic heterocycles. The smallest absolute Gasteiger partial charge is 0.241 e. The third-order valence-corrected chi connectivity index (χ3v) is 6.23. The fourth-order valence-corrected chi connectivity index (χ4v) is 4.48. The highest BCUT2D eigenvalue weighted by atomic mass is 32.2. The summed E-state index contributed by atoms with van der Waals surface area (Å²) in [6, 6.07) is 12.7. The number of benzene rings is 2. The molecule has 2 N–H and O–H groups in total. The Morgan fingerprint density at radius 2 is 1.70 bits per heavy atom. The number of hydrogen-bond acceptors (Lipinski definition) is 4. The predicted molar refractivity (Wildman–Crippen MR) is 108 cm³/mol. The van der Waals surface area contributed by atoms with Crippen LogP contribution < -0.4 is 14.9 Å². The first-order valence-corrected chi connectivity index (χ1v) is 10.6. The molecule has 3 rings (SSSR count). The third-order valence-electron chi connectivity index (χ3n) is 4.66. The molecule has 2 aromatic carbocycles. The van der Waals surface area contributed by atoms with Crippen LogP contribution >= 0.6 is 0 Å². The molecule has 144 valence electrons. The average Bonchev–Trinajstić information content (AvgIpc) is 3.15. The Bertz CT molecular complexity index is 918. The van der Waals surface area contributed by atoms with Crippen LogP contribution in [0.1, 0.15) is 24.0 Å². The molecule has 0 spiro atoms. The van der Waals surface area contributed by atoms with Gasteiger partial charge in [0, 0.05) is 24.5 Å². The van der Waals surface area contributed by atoms with Crippen molar-refractivity contribution in [2.24, 2.45) is 0 Å². The van der Waals surface area contributed by atoms with E-state index in [-0.39, 0.29) is 11.4 Å². The van der Waals surface area contributed by atoms with Crippen molar-refractivity contribution in [2.45, 2.75) is 31.6 Å². The van der Waals surface area contributed by atoms with E-state index >= 15 is 0 Å². The monoisotopic (exact) mass is 387 g/mol. The summed E-state index contributed by atoms with van der Waals surface area (Å²) in [5.74, 6) is -0.405. The number of nitrogens with zero attached hydrogens (tertiary/aromatic N) is 1. The number of rotatable bonds is 6. The molecule has 6 nitrogen and oxygen atoms in total. The number of anilines is 2. The van der Waals surface area contributed by atoms with Gasteiger partial charge in [0.2, 0.25) is 15.9 Å². The van der Waals surface area contributed by atoms with Crippen LogP contribution in [0.3, 0.4) is 0 Å². The van der Waals surface area contributed by atoms with Gasteiger partial charge in [0.25, 0.3) is 0 Å². The Labute approximate surface area is 160 Å². The molecule has 0 saturated carbocycles. The molecule has 1 heterocycles. The van der Waals surface area contributed by atoms with Crippen molar-refractivity contribution in [2.75, 3.05) is 29.9 Å². The van der Waals surface area contributed by atoms with Gasteiger partial charge >= 0.3 is 0 Å². The minimum Gasteiger partial charge on any atom is -0.372 e. The summed E-state index contributed by atoms with van der Waals surface area (Å²) in [6.07, 6.45) is 2.41. The maximum atomic E-state index is 12.4. The standard InChI is InChI=1S/C20H25N3O3S/c1-15-5-10-19(16(2)13-15)27(25,26)21-14-20(24)22-17-6-8-18(9-7-17)23-11-3-4-12-23/h5-10,13,21H,3-4,11-12,14H2,1-2H3,(H,22,24). The molecule has 1 amide bonds. The van der Waals surface area contributed by atoms with Crippen molar-refractivity contribution in [1.29, 1.82) is 0 Å². The van der Waals surface area contributed by atoms with Crippen molar-refractivity contribution in [3.8, 4) is 0 Å². The Kier molecular flexibility index (Phi) is 5.82. The SMILES string of the molecule is Cc1ccc(S(=O)(=O)NCC(=O)Nc2ccc(N3CCCC3)cc2)c(C)c1. The summed E-state index contributed by atoms with van der Waals surface area (Å²) in [5, 5.41) is 2.72. The predicted octanol–water partition coefficient (Wildman–Crippen LogP) is 2.82. The fraction of sp³-hybridized carbons (Fsp3) is 0.350. The van der Waals surface area contributed by atoms with Crippen molar-refractivity contribution >= 4 is 27.3 Å². The van der Waals surface area contributed by atoms with Crippen LogP contribution in [0.5, 0.6) is 0 Å². The summed E-state index contributed by atoms with van der Waals surface area (Å²) < 4.78 is 27.2. The van der Waals surface area contributed by atoms with Gasteiger partial charge in [-0.2, -0.15) is 0 Å². The molecule has 1 aliphatic rings. The molecule has 1 fully saturated rings. The van der Waals surface area contributed by atoms with E-state index in [1.165, 1.54) is 12.8 Å². The Morgan fingerprint density at radius 3 is 2.33 bits per heavy atom. The largest absolute Gasteiger partial charge is 0.372 e. The molecule has 1 aliphatic heterocycles. The lowest BCUT2D eigenvalue weighted by molar-refractivity contribution is -0.115. The molecule has 0 atom stereocenters. The van der Waals surface area contributed by atoms with E-state index in [0.717, 1.165) is 24.3 Å². The Morgan fingerprint density at radius 1 is 1.04 bits per heavy atom. The highest BCUT2D eigenvalue weighted by Gasteiger charge is 2.18. The third kappa shape index (κ3) is 4.87. The van der Waals surface area contributed by atoms with E-state index in [1.807, 2.05) is 31.2 Å². The van der Waals surface area contributed by atoms with Crippen molar-refractivity contribution in [3.63, 3.8) is 0 Å². The van der Waals surface area contributed by atoms with Crippen molar-refractivity contribution < 1.29 is 13.2 Å². The zero-order valence-corrected chi connectivity index (χ0v) is 16.5. The van der Waals surface area contributed by atoms with E-state index in [0.29, 0.717) is 11.3 Å². The van der Waals surface area contributed by atoms with Crippen LogP contribution in [0.25, 0.3) is 0 Å². The summed E-state index contributed by atoms with van der Waals surface area (Å²) >= 11 is 0. The molecular formula is C20H25N3O3S. The van der Waals surface area contributed by atoms with Crippen LogP contribution in [-0.2, 0) is 14.8 Å². The van der Waals surface area contributed by atoms with E-state index in [2.05, 4.69) is 14.9 Å². The lowest BCUT2D eigenvalue weighted by atomic mass is 10.2. The molecule has 1 saturated heterocycles. The van der Waals surface area contributed by atoms with E-state index in [1.54, 1.807) is 25.1 Å². The number of amides is 1. The summed E-state index contributed by atoms with van der Waals surface area (Å²) in [5.41, 5.74) is 3.43. The van der Waals surface area contributed by atoms with Crippen molar-refractivity contribution in [1.82, 2.24) is 4.72 Å². The summed E-state index contributed by atoms with van der Waals surface area (Å²) in [7, 11) is -3.73. The Balaban J connectivity index is 1.57. The van der Waals surface area contributed by atoms with Gasteiger partial charge in [-0.05, 0) is 62.6 Å². The molecule has 2 aromatic rings. The normalized spacial score (nSPS) is 14.4. The van der Waals surface area contributed by atoms with E-state index in [9.17, 15) is 13.2 Å². The van der Waals surface area contributed by atoms with Gasteiger partial charge in [-0.1, -0.05) is 17.7 Å². The average molecular weight is 388 g/mol. The topological polar surface area (TPSA) is 78.5 Å². The number of nitrogens with one attached hydrogen (secondary N) is 2. The quantitative estimate of drug-likeness (QED) is 0.799. The molecule has 0 aliphatic carbocycles. The fourth-order valence-electron chi connectivity index (χ4n) is 3.28. The minimum atomic E-state index is -3.73. The number of hydrogen-bond donors (Lipinski definition) is 2. The second kappa shape index (κ2) is 8.10. The molecule has 0 radical (unpaired) electrons. The first-order chi connectivity index (χ1) is 12.8. The second-order valence-corrected chi connectivity index (χ2v) is 8.62. The number of carbonyl (C=O) groups is 1. The highest BCUT2D eigenvalue weighted by Crippen LogP contribution is 2.22. The number of aryl methyl sites for hydroxylation is 2. The first-order valence-electron chi connectivity index (χ1n) is 9.07. The van der Waals surface area contributed by atoms with Crippen LogP contribution in [0.4, 0.5) is 11.4 Å². The number of carbonyl (C=O) groups excluding carboxylic acids is 1. The summed E-state index contributed by atoms with van der Waals surface area (Å²) in [4.78, 5) is 14.6. The second-order valence-electron chi connectivity index (χ2n) is 6.88. The lowest BCUT2D eigenvalue weighted by Gasteiger charge is -2.17. The van der Waals surface area contributed by atoms with Crippen LogP contribution in [0.15, 0.2) is 47.4 Å². The number of sulfonamides is 1. The maximum absolute atomic E-state index is 12.4. The zero-order chi connectivity index (χ0) is 19.4. The van der Waals surface area contributed by atoms with E-state index < -0.39 is 15.9 Å². The Hall–Kier alpha value is -2.38. The zero-order valence-electron chi connectivity index (χ0n) is 15.7. The lowest BCUT2D eigenvalue weighted by Crippen LogP contribution is -2.33. The van der Waals surface area contributed by atoms with Crippen LogP contribution in [0, 0.1) is 13.8 Å². The van der Waals surface area contributed by atoms with E-state index in [4.69, 9.17) is 0 Å². The van der Waals surface area contributed by atoms with Gasteiger partial charge in [0.05, 0.1) is 11.4 Å². The van der Waals surface area contributed by atoms with Crippen molar-refractivity contribution in [3.05, 3.63) is 53.6 Å². The molecular weight excluding hydrogens is 362 g/mol. The van der Waals surface area contributed by atoms with Gasteiger partial charge < -0.3 is 10.2 Å². The molecule has 27 heavy (non-hydrogen) atoms. The maximum Gasteiger partial charge on any atom is 0.241 e. The van der Waals surface area contributed by atoms with Gasteiger partial charge in [0.1, 0.15) is 0 Å².